The molecule has 2 aromatic carbocycles. The van der Waals surface area contributed by atoms with E-state index in [2.05, 4.69) is 30.5 Å². The van der Waals surface area contributed by atoms with Crippen molar-refractivity contribution in [2.75, 3.05) is 32.1 Å². The number of fused-ring (bicyclic) bond motifs is 1. The molecule has 0 spiro atoms. The molecule has 12 nitrogen and oxygen atoms in total. The Kier molecular flexibility index (Phi) is 12.4. The predicted molar refractivity (Wildman–Crippen MR) is 219 cm³/mol. The summed E-state index contributed by atoms with van der Waals surface area (Å²) in [6.07, 6.45) is 8.77. The van der Waals surface area contributed by atoms with E-state index in [0.29, 0.717) is 53.2 Å². The number of urea groups is 1. The molecule has 4 aromatic rings. The molecule has 2 aromatic heterocycles. The van der Waals surface area contributed by atoms with Gasteiger partial charge in [-0.25, -0.2) is 19.0 Å². The Bertz CT molecular complexity index is 2300. The van der Waals surface area contributed by atoms with Gasteiger partial charge in [-0.2, -0.15) is 0 Å². The largest absolute Gasteiger partial charge is 0.481 e. The number of aromatic nitrogens is 3. The number of aryl methyl sites for hydroxylation is 2. The highest BCUT2D eigenvalue weighted by molar-refractivity contribution is 6.04. The first-order valence-corrected chi connectivity index (χ1v) is 20.0. The third-order valence-electron chi connectivity index (χ3n) is 12.5. The molecular weight excluding hydrogens is 728 g/mol. The van der Waals surface area contributed by atoms with Gasteiger partial charge >= 0.3 is 11.7 Å². The fourth-order valence-corrected chi connectivity index (χ4v) is 8.87. The van der Waals surface area contributed by atoms with Gasteiger partial charge in [0.25, 0.3) is 11.5 Å². The maximum absolute atomic E-state index is 15.8. The third kappa shape index (κ3) is 8.12. The number of hydrogen-bond donors (Lipinski definition) is 3. The first-order valence-electron chi connectivity index (χ1n) is 20.0. The zero-order valence-corrected chi connectivity index (χ0v) is 34.1. The van der Waals surface area contributed by atoms with Gasteiger partial charge in [-0.15, -0.1) is 0 Å². The number of anilines is 1. The highest BCUT2D eigenvalue weighted by atomic mass is 19.1. The van der Waals surface area contributed by atoms with E-state index in [1.54, 1.807) is 18.9 Å². The molecule has 3 heterocycles. The SMILES string of the molecule is CCC(CC[C@]1(CC)CCN(CCO)C(=O)N1)CC1CCc2cc(-c3cccc(-c4c(F)ccc(NC(=O)c5cn(C)c(=O)n(C)c5=O)c4C)c3C)nc(OC)c21. The van der Waals surface area contributed by atoms with Crippen LogP contribution in [0.4, 0.5) is 14.9 Å². The predicted octanol–water partition coefficient (Wildman–Crippen LogP) is 6.61. The highest BCUT2D eigenvalue weighted by Gasteiger charge is 2.37. The number of aliphatic hydroxyl groups is 1. The number of ether oxygens (including phenoxy) is 1. The molecule has 2 aliphatic rings. The van der Waals surface area contributed by atoms with E-state index >= 15 is 4.39 Å². The van der Waals surface area contributed by atoms with Crippen molar-refractivity contribution in [3.63, 3.8) is 0 Å². The number of carbonyl (C=O) groups is 2. The molecule has 304 valence electrons. The second-order valence-electron chi connectivity index (χ2n) is 15.7. The van der Waals surface area contributed by atoms with E-state index in [0.717, 1.165) is 82.9 Å². The van der Waals surface area contributed by atoms with Gasteiger partial charge < -0.3 is 29.9 Å². The van der Waals surface area contributed by atoms with Crippen molar-refractivity contribution < 1.29 is 23.8 Å². The van der Waals surface area contributed by atoms with Crippen LogP contribution >= 0.6 is 0 Å². The summed E-state index contributed by atoms with van der Waals surface area (Å²) in [5.74, 6) is 0.198. The number of methoxy groups -OCH3 is 1. The summed E-state index contributed by atoms with van der Waals surface area (Å²) in [5.41, 5.74) is 4.80. The number of pyridine rings is 1. The van der Waals surface area contributed by atoms with Gasteiger partial charge in [0.1, 0.15) is 11.4 Å². The van der Waals surface area contributed by atoms with Gasteiger partial charge in [0.15, 0.2) is 0 Å². The van der Waals surface area contributed by atoms with Crippen LogP contribution in [0.2, 0.25) is 0 Å². The van der Waals surface area contributed by atoms with Gasteiger partial charge in [0.2, 0.25) is 5.88 Å². The van der Waals surface area contributed by atoms with Crippen LogP contribution in [0.15, 0.2) is 52.2 Å². The van der Waals surface area contributed by atoms with E-state index in [1.807, 2.05) is 25.1 Å². The monoisotopic (exact) mass is 782 g/mol. The fraction of sp³-hybridized carbons (Fsp3) is 0.477. The number of β-amino-alcohol motifs (C(OH)–C–C–N with tert-alkyl or cyclic N) is 1. The summed E-state index contributed by atoms with van der Waals surface area (Å²) in [6.45, 7) is 9.00. The Morgan fingerprint density at radius 2 is 1.88 bits per heavy atom. The summed E-state index contributed by atoms with van der Waals surface area (Å²) in [7, 11) is 4.42. The maximum atomic E-state index is 15.8. The fourth-order valence-electron chi connectivity index (χ4n) is 8.87. The van der Waals surface area contributed by atoms with Crippen LogP contribution in [0.1, 0.15) is 97.3 Å². The molecule has 0 saturated carbocycles. The normalized spacial score (nSPS) is 18.3. The molecule has 1 aliphatic carbocycles. The van der Waals surface area contributed by atoms with E-state index < -0.39 is 23.0 Å². The molecule has 0 bridgehead atoms. The Morgan fingerprint density at radius 3 is 2.56 bits per heavy atom. The number of rotatable bonds is 14. The van der Waals surface area contributed by atoms with Gasteiger partial charge in [-0.3, -0.25) is 14.2 Å². The molecule has 6 rings (SSSR count). The van der Waals surface area contributed by atoms with Gasteiger partial charge in [-0.1, -0.05) is 38.5 Å². The number of benzene rings is 2. The molecule has 2 unspecified atom stereocenters. The smallest absolute Gasteiger partial charge is 0.330 e. The number of hydrogen-bond acceptors (Lipinski definition) is 7. The molecule has 1 fully saturated rings. The molecule has 13 heteroatoms. The number of aliphatic hydroxyl groups excluding tert-OH is 1. The van der Waals surface area contributed by atoms with Crippen molar-refractivity contribution in [3.05, 3.63) is 97.1 Å². The molecule has 3 N–H and O–H groups in total. The van der Waals surface area contributed by atoms with Crippen LogP contribution in [0, 0.1) is 25.6 Å². The van der Waals surface area contributed by atoms with Gasteiger partial charge in [0.05, 0.1) is 19.4 Å². The lowest BCUT2D eigenvalue weighted by atomic mass is 9.79. The lowest BCUT2D eigenvalue weighted by Crippen LogP contribution is -2.60. The number of carbonyl (C=O) groups excluding carboxylic acids is 2. The lowest BCUT2D eigenvalue weighted by Gasteiger charge is -2.43. The molecule has 57 heavy (non-hydrogen) atoms. The van der Waals surface area contributed by atoms with Crippen molar-refractivity contribution in [3.8, 4) is 28.3 Å². The van der Waals surface area contributed by atoms with Crippen molar-refractivity contribution in [1.29, 1.82) is 0 Å². The topological polar surface area (TPSA) is 148 Å². The van der Waals surface area contributed by atoms with Crippen LogP contribution < -0.4 is 26.6 Å². The second kappa shape index (κ2) is 17.1. The number of halogens is 1. The molecular formula is C44H55FN6O6. The van der Waals surface area contributed by atoms with Crippen molar-refractivity contribution in [2.24, 2.45) is 20.0 Å². The van der Waals surface area contributed by atoms with E-state index in [9.17, 15) is 24.3 Å². The van der Waals surface area contributed by atoms with Crippen LogP contribution in [0.3, 0.4) is 0 Å². The average Bonchev–Trinajstić information content (AvgIpc) is 3.61. The quantitative estimate of drug-likeness (QED) is 0.130. The minimum atomic E-state index is -0.726. The molecule has 1 aliphatic heterocycles. The summed E-state index contributed by atoms with van der Waals surface area (Å²) in [4.78, 5) is 57.7. The Morgan fingerprint density at radius 1 is 1.12 bits per heavy atom. The third-order valence-corrected chi connectivity index (χ3v) is 12.5. The minimum Gasteiger partial charge on any atom is -0.481 e. The number of amides is 3. The highest BCUT2D eigenvalue weighted by Crippen LogP contribution is 2.46. The van der Waals surface area contributed by atoms with Crippen molar-refractivity contribution in [1.82, 2.24) is 24.3 Å². The first kappa shape index (κ1) is 41.3. The first-order chi connectivity index (χ1) is 27.3. The van der Waals surface area contributed by atoms with Crippen molar-refractivity contribution >= 4 is 17.6 Å². The second-order valence-corrected chi connectivity index (χ2v) is 15.7. The summed E-state index contributed by atoms with van der Waals surface area (Å²) in [6, 6.07) is 10.5. The summed E-state index contributed by atoms with van der Waals surface area (Å²) in [5, 5.41) is 15.4. The summed E-state index contributed by atoms with van der Waals surface area (Å²) < 4.78 is 23.8. The van der Waals surface area contributed by atoms with E-state index in [4.69, 9.17) is 9.72 Å². The minimum absolute atomic E-state index is 0.0382. The average molecular weight is 783 g/mol. The molecule has 3 amide bonds. The van der Waals surface area contributed by atoms with Crippen LogP contribution in [-0.4, -0.2) is 68.4 Å². The molecule has 0 radical (unpaired) electrons. The molecule has 1 saturated heterocycles. The lowest BCUT2D eigenvalue weighted by molar-refractivity contribution is 0.102. The van der Waals surface area contributed by atoms with E-state index in [1.165, 1.54) is 38.0 Å². The van der Waals surface area contributed by atoms with Gasteiger partial charge in [0, 0.05) is 61.3 Å². The zero-order chi connectivity index (χ0) is 41.2. The van der Waals surface area contributed by atoms with Crippen LogP contribution in [-0.2, 0) is 20.5 Å². The van der Waals surface area contributed by atoms with Gasteiger partial charge in [-0.05, 0) is 111 Å². The van der Waals surface area contributed by atoms with Crippen molar-refractivity contribution in [2.45, 2.75) is 90.5 Å². The zero-order valence-electron chi connectivity index (χ0n) is 34.1. The number of nitrogens with one attached hydrogen (secondary N) is 2. The van der Waals surface area contributed by atoms with Crippen LogP contribution in [0.5, 0.6) is 5.88 Å². The standard InChI is InChI=1S/C44H55FN6O6/c1-8-28(17-18-44(9-2)19-20-51(21-22-52)42(55)48-44)23-29-13-14-30-24-36(47-40(57-7)38(29)30)31-11-10-12-32(26(31)3)37-27(4)35(16-15-34(37)45)46-39(53)33-25-49(5)43(56)50(6)41(33)54/h10-12,15-16,24-25,28-29,52H,8-9,13-14,17-23H2,1-7H3,(H,46,53)(H,48,55)/t28?,29?,44-/m1/s1. The maximum Gasteiger partial charge on any atom is 0.330 e. The van der Waals surface area contributed by atoms with Crippen LogP contribution in [0.25, 0.3) is 22.4 Å². The Labute approximate surface area is 333 Å². The molecule has 3 atom stereocenters. The van der Waals surface area contributed by atoms with E-state index in [-0.39, 0.29) is 23.7 Å². The number of nitrogens with zero attached hydrogens (tertiary/aromatic N) is 4. The summed E-state index contributed by atoms with van der Waals surface area (Å²) >= 11 is 0. The Hall–Kier alpha value is -5.30. The Balaban J connectivity index is 1.24.